The molecule has 1 saturated heterocycles. The van der Waals surface area contributed by atoms with E-state index in [2.05, 4.69) is 31.0 Å². The number of hydrogen-bond donors (Lipinski definition) is 1. The fraction of sp³-hybridized carbons (Fsp3) is 1.00. The van der Waals surface area contributed by atoms with E-state index in [9.17, 15) is 0 Å². The van der Waals surface area contributed by atoms with Crippen molar-refractivity contribution in [1.82, 2.24) is 10.2 Å². The van der Waals surface area contributed by atoms with Gasteiger partial charge in [-0.05, 0) is 72.1 Å². The van der Waals surface area contributed by atoms with Crippen molar-refractivity contribution in [2.45, 2.75) is 65.0 Å². The molecule has 0 saturated carbocycles. The first-order chi connectivity index (χ1) is 8.72. The van der Waals surface area contributed by atoms with Crippen molar-refractivity contribution in [3.05, 3.63) is 0 Å². The van der Waals surface area contributed by atoms with Crippen molar-refractivity contribution >= 4 is 0 Å². The predicted molar refractivity (Wildman–Crippen MR) is 78.1 cm³/mol. The van der Waals surface area contributed by atoms with Gasteiger partial charge in [0.25, 0.3) is 0 Å². The number of rotatable bonds is 7. The van der Waals surface area contributed by atoms with E-state index >= 15 is 0 Å². The van der Waals surface area contributed by atoms with Crippen LogP contribution in [0.5, 0.6) is 0 Å². The van der Waals surface area contributed by atoms with Crippen LogP contribution in [0, 0.1) is 0 Å². The molecule has 0 aromatic carbocycles. The molecule has 18 heavy (non-hydrogen) atoms. The van der Waals surface area contributed by atoms with Gasteiger partial charge in [0, 0.05) is 12.6 Å². The Hall–Kier alpha value is -0.120. The molecule has 1 atom stereocenters. The van der Waals surface area contributed by atoms with Gasteiger partial charge in [-0.25, -0.2) is 0 Å². The molecule has 1 aliphatic rings. The molecule has 1 N–H and O–H groups in total. The average Bonchev–Trinajstić information content (AvgIpc) is 2.31. The molecule has 3 nitrogen and oxygen atoms in total. The maximum atomic E-state index is 5.58. The molecule has 1 aliphatic heterocycles. The maximum Gasteiger partial charge on any atom is 0.0518 e. The Morgan fingerprint density at radius 1 is 1.28 bits per heavy atom. The average molecular weight is 256 g/mol. The summed E-state index contributed by atoms with van der Waals surface area (Å²) in [7, 11) is 0. The molecular weight excluding hydrogens is 224 g/mol. The molecule has 0 spiro atoms. The zero-order valence-electron chi connectivity index (χ0n) is 12.6. The van der Waals surface area contributed by atoms with Crippen LogP contribution in [-0.2, 0) is 4.74 Å². The number of ether oxygens (including phenoxy) is 1. The third-order valence-corrected chi connectivity index (χ3v) is 3.69. The molecule has 0 radical (unpaired) electrons. The maximum absolute atomic E-state index is 5.58. The van der Waals surface area contributed by atoms with Crippen LogP contribution in [0.15, 0.2) is 0 Å². The molecule has 3 heteroatoms. The lowest BCUT2D eigenvalue weighted by Gasteiger charge is -2.28. The van der Waals surface area contributed by atoms with E-state index < -0.39 is 0 Å². The molecule has 1 unspecified atom stereocenters. The molecule has 1 rings (SSSR count). The van der Waals surface area contributed by atoms with Gasteiger partial charge in [0.05, 0.1) is 6.10 Å². The highest BCUT2D eigenvalue weighted by atomic mass is 16.5. The summed E-state index contributed by atoms with van der Waals surface area (Å²) in [6.45, 7) is 12.4. The highest BCUT2D eigenvalue weighted by molar-refractivity contribution is 4.72. The van der Waals surface area contributed by atoms with E-state index in [4.69, 9.17) is 4.74 Å². The summed E-state index contributed by atoms with van der Waals surface area (Å²) in [5.41, 5.74) is 0. The molecule has 108 valence electrons. The minimum absolute atomic E-state index is 0.378. The Balaban J connectivity index is 2.08. The molecule has 0 aromatic rings. The van der Waals surface area contributed by atoms with Gasteiger partial charge in [0.2, 0.25) is 0 Å². The third kappa shape index (κ3) is 7.34. The van der Waals surface area contributed by atoms with Crippen LogP contribution in [0.2, 0.25) is 0 Å². The Kier molecular flexibility index (Phi) is 8.64. The molecule has 0 aromatic heterocycles. The van der Waals surface area contributed by atoms with Crippen LogP contribution in [0.25, 0.3) is 0 Å². The van der Waals surface area contributed by atoms with Gasteiger partial charge in [-0.3, -0.25) is 0 Å². The molecule has 0 aliphatic carbocycles. The van der Waals surface area contributed by atoms with E-state index in [0.29, 0.717) is 6.10 Å². The van der Waals surface area contributed by atoms with Gasteiger partial charge in [-0.2, -0.15) is 0 Å². The first-order valence-corrected chi connectivity index (χ1v) is 7.79. The summed E-state index contributed by atoms with van der Waals surface area (Å²) >= 11 is 0. The van der Waals surface area contributed by atoms with Gasteiger partial charge in [0.1, 0.15) is 0 Å². The van der Waals surface area contributed by atoms with Crippen LogP contribution < -0.4 is 5.32 Å². The number of nitrogens with zero attached hydrogens (tertiary/aromatic N) is 1. The third-order valence-electron chi connectivity index (χ3n) is 3.69. The lowest BCUT2D eigenvalue weighted by Crippen LogP contribution is -2.39. The van der Waals surface area contributed by atoms with Crippen molar-refractivity contribution in [3.63, 3.8) is 0 Å². The fourth-order valence-corrected chi connectivity index (χ4v) is 2.49. The van der Waals surface area contributed by atoms with E-state index in [-0.39, 0.29) is 0 Å². The summed E-state index contributed by atoms with van der Waals surface area (Å²) in [4.78, 5) is 2.64. The predicted octanol–water partition coefficient (Wildman–Crippen LogP) is 2.66. The number of nitrogens with one attached hydrogen (secondary N) is 1. The molecule has 0 amide bonds. The van der Waals surface area contributed by atoms with Crippen molar-refractivity contribution in [2.75, 3.05) is 32.8 Å². The Morgan fingerprint density at radius 2 is 2.11 bits per heavy atom. The lowest BCUT2D eigenvalue weighted by molar-refractivity contribution is 0.0739. The van der Waals surface area contributed by atoms with Gasteiger partial charge in [0.15, 0.2) is 0 Å². The van der Waals surface area contributed by atoms with Crippen LogP contribution in [0.1, 0.15) is 52.9 Å². The van der Waals surface area contributed by atoms with Crippen molar-refractivity contribution in [1.29, 1.82) is 0 Å². The first-order valence-electron chi connectivity index (χ1n) is 7.79. The Labute approximate surface area is 113 Å². The van der Waals surface area contributed by atoms with Crippen molar-refractivity contribution < 1.29 is 4.74 Å². The van der Waals surface area contributed by atoms with Crippen LogP contribution >= 0.6 is 0 Å². The zero-order chi connectivity index (χ0) is 13.2. The zero-order valence-corrected chi connectivity index (χ0v) is 12.6. The topological polar surface area (TPSA) is 24.5 Å². The second-order valence-electron chi connectivity index (χ2n) is 5.67. The normalized spacial score (nSPS) is 23.0. The van der Waals surface area contributed by atoms with E-state index in [1.165, 1.54) is 58.3 Å². The molecular formula is C15H32N2O. The second-order valence-corrected chi connectivity index (χ2v) is 5.67. The second kappa shape index (κ2) is 9.76. The van der Waals surface area contributed by atoms with Crippen LogP contribution in [0.3, 0.4) is 0 Å². The van der Waals surface area contributed by atoms with Gasteiger partial charge in [-0.1, -0.05) is 6.92 Å². The van der Waals surface area contributed by atoms with Crippen LogP contribution in [0.4, 0.5) is 0 Å². The summed E-state index contributed by atoms with van der Waals surface area (Å²) < 4.78 is 5.58. The lowest BCUT2D eigenvalue weighted by atomic mass is 10.1. The highest BCUT2D eigenvalue weighted by Crippen LogP contribution is 2.06. The first kappa shape index (κ1) is 15.9. The van der Waals surface area contributed by atoms with Gasteiger partial charge in [-0.15, -0.1) is 0 Å². The monoisotopic (exact) mass is 256 g/mol. The van der Waals surface area contributed by atoms with E-state index in [1.807, 2.05) is 0 Å². The quantitative estimate of drug-likeness (QED) is 0.709. The molecule has 0 bridgehead atoms. The summed E-state index contributed by atoms with van der Waals surface area (Å²) in [6.07, 6.45) is 6.71. The largest absolute Gasteiger partial charge is 0.379 e. The Bertz CT molecular complexity index is 197. The fourth-order valence-electron chi connectivity index (χ4n) is 2.49. The summed E-state index contributed by atoms with van der Waals surface area (Å²) in [5.74, 6) is 0. The van der Waals surface area contributed by atoms with Gasteiger partial charge < -0.3 is 15.0 Å². The Morgan fingerprint density at radius 3 is 2.83 bits per heavy atom. The highest BCUT2D eigenvalue weighted by Gasteiger charge is 2.12. The standard InChI is InChI=1S/C15H32N2O/c1-4-15-8-12-17(11-7-9-16-15)10-5-6-13-18-14(2)3/h14-16H,4-13H2,1-3H3. The molecule has 1 fully saturated rings. The number of unbranched alkanes of at least 4 members (excludes halogenated alkanes) is 1. The SMILES string of the molecule is CCC1CCN(CCCCOC(C)C)CCCN1. The summed E-state index contributed by atoms with van der Waals surface area (Å²) in [5, 5.41) is 3.63. The number of hydrogen-bond acceptors (Lipinski definition) is 3. The van der Waals surface area contributed by atoms with Crippen molar-refractivity contribution in [3.8, 4) is 0 Å². The minimum Gasteiger partial charge on any atom is -0.379 e. The smallest absolute Gasteiger partial charge is 0.0518 e. The van der Waals surface area contributed by atoms with E-state index in [0.717, 1.165) is 12.6 Å². The molecule has 1 heterocycles. The van der Waals surface area contributed by atoms with Gasteiger partial charge >= 0.3 is 0 Å². The van der Waals surface area contributed by atoms with Crippen LogP contribution in [-0.4, -0.2) is 49.8 Å². The van der Waals surface area contributed by atoms with Crippen molar-refractivity contribution in [2.24, 2.45) is 0 Å². The summed E-state index contributed by atoms with van der Waals surface area (Å²) in [6, 6.07) is 0.733. The van der Waals surface area contributed by atoms with E-state index in [1.54, 1.807) is 0 Å². The minimum atomic E-state index is 0.378.